The Morgan fingerprint density at radius 1 is 1.39 bits per heavy atom. The van der Waals surface area contributed by atoms with Gasteiger partial charge in [-0.05, 0) is 24.0 Å². The van der Waals surface area contributed by atoms with E-state index in [-0.39, 0.29) is 6.29 Å². The van der Waals surface area contributed by atoms with Gasteiger partial charge in [0, 0.05) is 19.6 Å². The van der Waals surface area contributed by atoms with Crippen molar-refractivity contribution >= 4 is 0 Å². The molecule has 2 aliphatic rings. The zero-order valence-electron chi connectivity index (χ0n) is 11.0. The first-order valence-electron chi connectivity index (χ1n) is 7.01. The number of nitrogens with zero attached hydrogens (tertiary/aromatic N) is 1. The Bertz CT molecular complexity index is 407. The standard InChI is InChI=1S/C15H21NO2/c1-2-3-10-17-15-11-14-13-7-5-4-6-12(13)8-9-16(14)18-15/h4-7,14-15H,2-3,8-11H2,1H3. The predicted molar refractivity (Wildman–Crippen MR) is 69.9 cm³/mol. The number of ether oxygens (including phenoxy) is 1. The van der Waals surface area contributed by atoms with Crippen LogP contribution >= 0.6 is 0 Å². The van der Waals surface area contributed by atoms with Gasteiger partial charge in [0.1, 0.15) is 0 Å². The molecule has 3 nitrogen and oxygen atoms in total. The van der Waals surface area contributed by atoms with Gasteiger partial charge >= 0.3 is 0 Å². The molecule has 1 fully saturated rings. The second-order valence-corrected chi connectivity index (χ2v) is 5.10. The molecular weight excluding hydrogens is 226 g/mol. The quantitative estimate of drug-likeness (QED) is 0.763. The summed E-state index contributed by atoms with van der Waals surface area (Å²) < 4.78 is 5.79. The number of hydroxylamine groups is 2. The summed E-state index contributed by atoms with van der Waals surface area (Å²) in [6.45, 7) is 3.97. The first-order chi connectivity index (χ1) is 8.88. The summed E-state index contributed by atoms with van der Waals surface area (Å²) in [7, 11) is 0. The predicted octanol–water partition coefficient (Wildman–Crippen LogP) is 3.06. The van der Waals surface area contributed by atoms with Crippen LogP contribution in [0.25, 0.3) is 0 Å². The van der Waals surface area contributed by atoms with Crippen molar-refractivity contribution in [1.29, 1.82) is 0 Å². The summed E-state index contributed by atoms with van der Waals surface area (Å²) in [5, 5.41) is 2.11. The molecule has 2 unspecified atom stereocenters. The van der Waals surface area contributed by atoms with Crippen molar-refractivity contribution in [2.45, 2.75) is 44.9 Å². The van der Waals surface area contributed by atoms with E-state index in [4.69, 9.17) is 9.57 Å². The van der Waals surface area contributed by atoms with E-state index in [0.717, 1.165) is 32.4 Å². The van der Waals surface area contributed by atoms with Crippen LogP contribution in [-0.2, 0) is 16.0 Å². The lowest BCUT2D eigenvalue weighted by atomic mass is 9.93. The van der Waals surface area contributed by atoms with Crippen LogP contribution in [0, 0.1) is 0 Å². The van der Waals surface area contributed by atoms with E-state index in [1.807, 2.05) is 0 Å². The largest absolute Gasteiger partial charge is 0.351 e. The van der Waals surface area contributed by atoms with E-state index >= 15 is 0 Å². The molecule has 3 rings (SSSR count). The average Bonchev–Trinajstić information content (AvgIpc) is 2.82. The lowest BCUT2D eigenvalue weighted by Gasteiger charge is -2.29. The summed E-state index contributed by atoms with van der Waals surface area (Å²) >= 11 is 0. The zero-order valence-corrected chi connectivity index (χ0v) is 11.0. The van der Waals surface area contributed by atoms with E-state index in [9.17, 15) is 0 Å². The van der Waals surface area contributed by atoms with Crippen LogP contribution in [0.2, 0.25) is 0 Å². The molecule has 0 bridgehead atoms. The normalized spacial score (nSPS) is 26.9. The molecule has 1 saturated heterocycles. The van der Waals surface area contributed by atoms with Gasteiger partial charge in [-0.3, -0.25) is 4.84 Å². The van der Waals surface area contributed by atoms with Gasteiger partial charge in [-0.15, -0.1) is 0 Å². The highest BCUT2D eigenvalue weighted by Crippen LogP contribution is 2.39. The van der Waals surface area contributed by atoms with Crippen LogP contribution in [-0.4, -0.2) is 24.5 Å². The molecule has 1 aromatic rings. The van der Waals surface area contributed by atoms with E-state index in [2.05, 4.69) is 36.3 Å². The molecule has 0 aliphatic carbocycles. The second-order valence-electron chi connectivity index (χ2n) is 5.10. The number of benzene rings is 1. The molecule has 0 aromatic heterocycles. The monoisotopic (exact) mass is 247 g/mol. The van der Waals surface area contributed by atoms with Gasteiger partial charge in [0.05, 0.1) is 6.04 Å². The van der Waals surface area contributed by atoms with E-state index < -0.39 is 0 Å². The van der Waals surface area contributed by atoms with Gasteiger partial charge in [-0.1, -0.05) is 37.6 Å². The summed E-state index contributed by atoms with van der Waals surface area (Å²) in [5.74, 6) is 0. The van der Waals surface area contributed by atoms with Crippen molar-refractivity contribution in [1.82, 2.24) is 5.06 Å². The van der Waals surface area contributed by atoms with E-state index in [0.29, 0.717) is 6.04 Å². The molecule has 2 aliphatic heterocycles. The number of unbranched alkanes of at least 4 members (excludes halogenated alkanes) is 1. The summed E-state index contributed by atoms with van der Waals surface area (Å²) in [4.78, 5) is 5.88. The zero-order chi connectivity index (χ0) is 12.4. The molecule has 2 heterocycles. The highest BCUT2D eigenvalue weighted by molar-refractivity contribution is 5.32. The van der Waals surface area contributed by atoms with Gasteiger partial charge in [0.25, 0.3) is 0 Å². The number of rotatable bonds is 4. The summed E-state index contributed by atoms with van der Waals surface area (Å²) in [6, 6.07) is 9.09. The van der Waals surface area contributed by atoms with E-state index in [1.54, 1.807) is 0 Å². The smallest absolute Gasteiger partial charge is 0.179 e. The minimum atomic E-state index is -0.0484. The Hall–Kier alpha value is -0.900. The van der Waals surface area contributed by atoms with Crippen molar-refractivity contribution < 1.29 is 9.57 Å². The highest BCUT2D eigenvalue weighted by atomic mass is 16.8. The SMILES string of the molecule is CCCCOC1CC2c3ccccc3CCN2O1. The maximum atomic E-state index is 5.88. The lowest BCUT2D eigenvalue weighted by Crippen LogP contribution is -2.30. The third kappa shape index (κ3) is 2.30. The average molecular weight is 247 g/mol. The molecule has 0 spiro atoms. The molecule has 0 amide bonds. The van der Waals surface area contributed by atoms with Crippen molar-refractivity contribution in [2.75, 3.05) is 13.2 Å². The fraction of sp³-hybridized carbons (Fsp3) is 0.600. The van der Waals surface area contributed by atoms with Crippen molar-refractivity contribution in [3.8, 4) is 0 Å². The fourth-order valence-corrected chi connectivity index (χ4v) is 2.83. The summed E-state index contributed by atoms with van der Waals surface area (Å²) in [5.41, 5.74) is 2.89. The second kappa shape index (κ2) is 5.39. The third-order valence-electron chi connectivity index (χ3n) is 3.83. The van der Waals surface area contributed by atoms with Crippen molar-refractivity contribution in [3.63, 3.8) is 0 Å². The minimum Gasteiger partial charge on any atom is -0.351 e. The number of hydrogen-bond donors (Lipinski definition) is 0. The van der Waals surface area contributed by atoms with Crippen LogP contribution in [0.15, 0.2) is 24.3 Å². The van der Waals surface area contributed by atoms with Crippen LogP contribution < -0.4 is 0 Å². The van der Waals surface area contributed by atoms with Crippen LogP contribution in [0.5, 0.6) is 0 Å². The first kappa shape index (κ1) is 12.2. The molecule has 2 atom stereocenters. The third-order valence-corrected chi connectivity index (χ3v) is 3.83. The Morgan fingerprint density at radius 3 is 3.17 bits per heavy atom. The van der Waals surface area contributed by atoms with Crippen molar-refractivity contribution in [3.05, 3.63) is 35.4 Å². The Morgan fingerprint density at radius 2 is 2.28 bits per heavy atom. The van der Waals surface area contributed by atoms with Gasteiger partial charge in [-0.25, -0.2) is 0 Å². The van der Waals surface area contributed by atoms with Crippen molar-refractivity contribution in [2.24, 2.45) is 0 Å². The van der Waals surface area contributed by atoms with Gasteiger partial charge < -0.3 is 4.74 Å². The molecule has 0 saturated carbocycles. The molecule has 18 heavy (non-hydrogen) atoms. The molecule has 0 radical (unpaired) electrons. The minimum absolute atomic E-state index is 0.0484. The van der Waals surface area contributed by atoms with Crippen LogP contribution in [0.4, 0.5) is 0 Å². The maximum absolute atomic E-state index is 5.88. The Balaban J connectivity index is 1.67. The van der Waals surface area contributed by atoms with Gasteiger partial charge in [-0.2, -0.15) is 5.06 Å². The number of fused-ring (bicyclic) bond motifs is 3. The maximum Gasteiger partial charge on any atom is 0.179 e. The molecule has 0 N–H and O–H groups in total. The van der Waals surface area contributed by atoms with Crippen LogP contribution in [0.1, 0.15) is 43.4 Å². The summed E-state index contributed by atoms with van der Waals surface area (Å²) in [6.07, 6.45) is 4.27. The fourth-order valence-electron chi connectivity index (χ4n) is 2.83. The number of hydrogen-bond acceptors (Lipinski definition) is 3. The topological polar surface area (TPSA) is 21.7 Å². The first-order valence-corrected chi connectivity index (χ1v) is 7.01. The molecular formula is C15H21NO2. The molecule has 3 heteroatoms. The molecule has 1 aromatic carbocycles. The Labute approximate surface area is 109 Å². The van der Waals surface area contributed by atoms with Gasteiger partial charge in [0.15, 0.2) is 6.29 Å². The lowest BCUT2D eigenvalue weighted by molar-refractivity contribution is -0.241. The highest BCUT2D eigenvalue weighted by Gasteiger charge is 2.38. The molecule has 98 valence electrons. The Kier molecular flexibility index (Phi) is 3.64. The van der Waals surface area contributed by atoms with Gasteiger partial charge in [0.2, 0.25) is 0 Å². The van der Waals surface area contributed by atoms with E-state index in [1.165, 1.54) is 17.5 Å². The van der Waals surface area contributed by atoms with Crippen LogP contribution in [0.3, 0.4) is 0 Å².